The van der Waals surface area contributed by atoms with Gasteiger partial charge in [0.1, 0.15) is 6.10 Å². The third-order valence-corrected chi connectivity index (χ3v) is 3.48. The van der Waals surface area contributed by atoms with E-state index < -0.39 is 0 Å². The number of rotatable bonds is 3. The van der Waals surface area contributed by atoms with E-state index >= 15 is 0 Å². The van der Waals surface area contributed by atoms with Crippen LogP contribution >= 0.6 is 0 Å². The van der Waals surface area contributed by atoms with E-state index in [1.807, 2.05) is 19.1 Å². The second-order valence-electron chi connectivity index (χ2n) is 5.26. The zero-order valence-electron chi connectivity index (χ0n) is 12.1. The second kappa shape index (κ2) is 6.15. The average Bonchev–Trinajstić information content (AvgIpc) is 2.47. The zero-order valence-corrected chi connectivity index (χ0v) is 12.1. The first kappa shape index (κ1) is 13.9. The maximum Gasteiger partial charge on any atom is 0.112 e. The van der Waals surface area contributed by atoms with E-state index in [1.165, 1.54) is 0 Å². The summed E-state index contributed by atoms with van der Waals surface area (Å²) >= 11 is 0. The molecule has 6 heteroatoms. The van der Waals surface area contributed by atoms with Crippen LogP contribution in [0.15, 0.2) is 30.7 Å². The molecule has 110 valence electrons. The van der Waals surface area contributed by atoms with Gasteiger partial charge in [-0.3, -0.25) is 19.9 Å². The highest BCUT2D eigenvalue weighted by Crippen LogP contribution is 2.23. The largest absolute Gasteiger partial charge is 0.399 e. The summed E-state index contributed by atoms with van der Waals surface area (Å²) in [5.74, 6) is 0. The van der Waals surface area contributed by atoms with Crippen LogP contribution in [0.5, 0.6) is 0 Å². The zero-order chi connectivity index (χ0) is 14.7. The topological polar surface area (TPSA) is 77.2 Å². The average molecular weight is 285 g/mol. The number of hydrogen-bond acceptors (Lipinski definition) is 6. The Morgan fingerprint density at radius 2 is 2.29 bits per heavy atom. The van der Waals surface area contributed by atoms with E-state index in [0.29, 0.717) is 6.61 Å². The van der Waals surface area contributed by atoms with E-state index in [9.17, 15) is 0 Å². The van der Waals surface area contributed by atoms with E-state index in [0.717, 1.165) is 42.4 Å². The van der Waals surface area contributed by atoms with Crippen LogP contribution in [0.2, 0.25) is 0 Å². The van der Waals surface area contributed by atoms with Gasteiger partial charge in [-0.2, -0.15) is 0 Å². The van der Waals surface area contributed by atoms with Crippen LogP contribution in [0, 0.1) is 6.92 Å². The summed E-state index contributed by atoms with van der Waals surface area (Å²) in [4.78, 5) is 15.3. The Balaban J connectivity index is 1.70. The van der Waals surface area contributed by atoms with Gasteiger partial charge < -0.3 is 10.5 Å². The molecular weight excluding hydrogens is 266 g/mol. The number of nitrogens with zero attached hydrogens (tertiary/aromatic N) is 4. The van der Waals surface area contributed by atoms with Crippen molar-refractivity contribution in [2.75, 3.05) is 25.4 Å². The number of anilines is 1. The van der Waals surface area contributed by atoms with Crippen LogP contribution in [0.4, 0.5) is 5.69 Å². The Labute approximate surface area is 124 Å². The van der Waals surface area contributed by atoms with Crippen molar-refractivity contribution < 1.29 is 4.74 Å². The van der Waals surface area contributed by atoms with Crippen LogP contribution in [0.3, 0.4) is 0 Å². The first-order chi connectivity index (χ1) is 10.2. The molecular formula is C15H19N5O. The SMILES string of the molecule is Cc1cc(N)cc([C@H]2CN(Cc3cnccn3)CCO2)n1. The molecule has 1 aliphatic heterocycles. The molecule has 6 nitrogen and oxygen atoms in total. The van der Waals surface area contributed by atoms with Crippen molar-refractivity contribution >= 4 is 5.69 Å². The third-order valence-electron chi connectivity index (χ3n) is 3.48. The van der Waals surface area contributed by atoms with Crippen molar-refractivity contribution in [3.05, 3.63) is 47.8 Å². The molecule has 3 heterocycles. The lowest BCUT2D eigenvalue weighted by atomic mass is 10.1. The number of pyridine rings is 1. The van der Waals surface area contributed by atoms with Crippen molar-refractivity contribution in [2.24, 2.45) is 0 Å². The lowest BCUT2D eigenvalue weighted by Crippen LogP contribution is -2.38. The van der Waals surface area contributed by atoms with Gasteiger partial charge >= 0.3 is 0 Å². The van der Waals surface area contributed by atoms with Gasteiger partial charge in [-0.15, -0.1) is 0 Å². The molecule has 1 saturated heterocycles. The fraction of sp³-hybridized carbons (Fsp3) is 0.400. The van der Waals surface area contributed by atoms with Crippen LogP contribution in [-0.4, -0.2) is 39.5 Å². The van der Waals surface area contributed by atoms with Crippen molar-refractivity contribution in [3.8, 4) is 0 Å². The molecule has 0 aliphatic carbocycles. The summed E-state index contributed by atoms with van der Waals surface area (Å²) < 4.78 is 5.85. The van der Waals surface area contributed by atoms with E-state index in [2.05, 4.69) is 19.9 Å². The predicted octanol–water partition coefficient (Wildman–Crippen LogP) is 1.34. The number of hydrogen-bond donors (Lipinski definition) is 1. The summed E-state index contributed by atoms with van der Waals surface area (Å²) in [5.41, 5.74) is 9.41. The van der Waals surface area contributed by atoms with Crippen LogP contribution in [0.1, 0.15) is 23.2 Å². The predicted molar refractivity (Wildman–Crippen MR) is 79.4 cm³/mol. The normalized spacial score (nSPS) is 19.6. The quantitative estimate of drug-likeness (QED) is 0.917. The molecule has 1 atom stereocenters. The molecule has 0 amide bonds. The molecule has 2 aromatic rings. The van der Waals surface area contributed by atoms with Gasteiger partial charge in [0.15, 0.2) is 0 Å². The summed E-state index contributed by atoms with van der Waals surface area (Å²) in [7, 11) is 0. The Kier molecular flexibility index (Phi) is 4.08. The molecule has 0 bridgehead atoms. The number of morpholine rings is 1. The van der Waals surface area contributed by atoms with Crippen molar-refractivity contribution in [2.45, 2.75) is 19.6 Å². The van der Waals surface area contributed by atoms with Gasteiger partial charge in [-0.05, 0) is 19.1 Å². The number of aromatic nitrogens is 3. The molecule has 0 unspecified atom stereocenters. The first-order valence-corrected chi connectivity index (χ1v) is 7.03. The highest BCUT2D eigenvalue weighted by molar-refractivity contribution is 5.40. The highest BCUT2D eigenvalue weighted by Gasteiger charge is 2.23. The van der Waals surface area contributed by atoms with Gasteiger partial charge in [0.25, 0.3) is 0 Å². The van der Waals surface area contributed by atoms with Gasteiger partial charge in [0, 0.05) is 49.6 Å². The molecule has 0 aromatic carbocycles. The Bertz CT molecular complexity index is 584. The molecule has 1 fully saturated rings. The number of aryl methyl sites for hydroxylation is 1. The summed E-state index contributed by atoms with van der Waals surface area (Å²) in [6, 6.07) is 3.76. The minimum absolute atomic E-state index is 0.0439. The smallest absolute Gasteiger partial charge is 0.112 e. The van der Waals surface area contributed by atoms with Gasteiger partial charge in [0.05, 0.1) is 18.0 Å². The van der Waals surface area contributed by atoms with E-state index in [-0.39, 0.29) is 6.10 Å². The first-order valence-electron chi connectivity index (χ1n) is 7.03. The lowest BCUT2D eigenvalue weighted by Gasteiger charge is -2.32. The second-order valence-corrected chi connectivity index (χ2v) is 5.26. The van der Waals surface area contributed by atoms with Gasteiger partial charge in [-0.25, -0.2) is 0 Å². The molecule has 0 spiro atoms. The van der Waals surface area contributed by atoms with Crippen molar-refractivity contribution in [1.29, 1.82) is 0 Å². The lowest BCUT2D eigenvalue weighted by molar-refractivity contribution is -0.0354. The molecule has 2 aromatic heterocycles. The monoisotopic (exact) mass is 285 g/mol. The van der Waals surface area contributed by atoms with Crippen LogP contribution < -0.4 is 5.73 Å². The van der Waals surface area contributed by atoms with Crippen molar-refractivity contribution in [1.82, 2.24) is 19.9 Å². The summed E-state index contributed by atoms with van der Waals surface area (Å²) in [5, 5.41) is 0. The Hall–Kier alpha value is -2.05. The van der Waals surface area contributed by atoms with Gasteiger partial charge in [-0.1, -0.05) is 0 Å². The standard InChI is InChI=1S/C15H19N5O/c1-11-6-12(16)7-14(19-11)15-10-20(4-5-21-15)9-13-8-17-2-3-18-13/h2-3,6-8,15H,4-5,9-10H2,1H3,(H2,16,19)/t15-/m1/s1. The third kappa shape index (κ3) is 3.53. The van der Waals surface area contributed by atoms with Crippen molar-refractivity contribution in [3.63, 3.8) is 0 Å². The summed E-state index contributed by atoms with van der Waals surface area (Å²) in [6.45, 7) is 5.07. The number of nitrogens with two attached hydrogens (primary N) is 1. The summed E-state index contributed by atoms with van der Waals surface area (Å²) in [6.07, 6.45) is 5.16. The molecule has 3 rings (SSSR count). The molecule has 1 aliphatic rings. The minimum Gasteiger partial charge on any atom is -0.399 e. The van der Waals surface area contributed by atoms with Crippen LogP contribution in [0.25, 0.3) is 0 Å². The fourth-order valence-electron chi connectivity index (χ4n) is 2.55. The van der Waals surface area contributed by atoms with Gasteiger partial charge in [0.2, 0.25) is 0 Å². The molecule has 0 radical (unpaired) electrons. The molecule has 2 N–H and O–H groups in total. The molecule has 21 heavy (non-hydrogen) atoms. The maximum atomic E-state index is 5.90. The molecule has 0 saturated carbocycles. The highest BCUT2D eigenvalue weighted by atomic mass is 16.5. The minimum atomic E-state index is -0.0439. The van der Waals surface area contributed by atoms with E-state index in [1.54, 1.807) is 18.6 Å². The fourth-order valence-corrected chi connectivity index (χ4v) is 2.55. The van der Waals surface area contributed by atoms with Crippen LogP contribution in [-0.2, 0) is 11.3 Å². The number of ether oxygens (including phenoxy) is 1. The Morgan fingerprint density at radius 1 is 1.38 bits per heavy atom. The number of nitrogen functional groups attached to an aromatic ring is 1. The maximum absolute atomic E-state index is 5.90. The van der Waals surface area contributed by atoms with E-state index in [4.69, 9.17) is 10.5 Å². The Morgan fingerprint density at radius 3 is 3.05 bits per heavy atom.